The fourth-order valence-corrected chi connectivity index (χ4v) is 2.97. The molecule has 25 heavy (non-hydrogen) atoms. The molecule has 1 aromatic heterocycles. The molecule has 0 saturated heterocycles. The van der Waals surface area contributed by atoms with Gasteiger partial charge in [-0.2, -0.15) is 4.98 Å². The number of hydrogen-bond donors (Lipinski definition) is 2. The van der Waals surface area contributed by atoms with Gasteiger partial charge in [0.2, 0.25) is 5.95 Å². The smallest absolute Gasteiger partial charge is 0.229 e. The highest BCUT2D eigenvalue weighted by Crippen LogP contribution is 2.27. The molecule has 0 spiro atoms. The maximum absolute atomic E-state index is 5.24. The van der Waals surface area contributed by atoms with E-state index in [1.807, 2.05) is 43.3 Å². The first-order valence-electron chi connectivity index (χ1n) is 7.83. The van der Waals surface area contributed by atoms with Gasteiger partial charge in [-0.05, 0) is 59.6 Å². The van der Waals surface area contributed by atoms with E-state index in [9.17, 15) is 0 Å². The van der Waals surface area contributed by atoms with E-state index in [1.54, 1.807) is 7.11 Å². The van der Waals surface area contributed by atoms with Crippen LogP contribution in [0.2, 0.25) is 0 Å². The predicted octanol–water partition coefficient (Wildman–Crippen LogP) is 5.35. The maximum atomic E-state index is 5.24. The molecule has 0 fully saturated rings. The second-order valence-corrected chi connectivity index (χ2v) is 6.54. The van der Waals surface area contributed by atoms with Crippen molar-refractivity contribution < 1.29 is 4.74 Å². The minimum absolute atomic E-state index is 0.527. The van der Waals surface area contributed by atoms with Crippen molar-refractivity contribution >= 4 is 39.1 Å². The summed E-state index contributed by atoms with van der Waals surface area (Å²) >= 11 is 3.58. The number of aromatic nitrogens is 2. The van der Waals surface area contributed by atoms with Crippen molar-refractivity contribution in [2.75, 3.05) is 17.7 Å². The van der Waals surface area contributed by atoms with Crippen LogP contribution in [0.1, 0.15) is 11.3 Å². The molecule has 2 N–H and O–H groups in total. The number of methoxy groups -OCH3 is 1. The Hall–Kier alpha value is -2.60. The average molecular weight is 399 g/mol. The van der Waals surface area contributed by atoms with E-state index in [1.165, 1.54) is 5.56 Å². The van der Waals surface area contributed by atoms with Gasteiger partial charge in [-0.3, -0.25) is 0 Å². The molecule has 0 bridgehead atoms. The molecule has 0 aliphatic rings. The van der Waals surface area contributed by atoms with Gasteiger partial charge >= 0.3 is 0 Å². The zero-order valence-electron chi connectivity index (χ0n) is 14.3. The molecule has 0 amide bonds. The third-order valence-electron chi connectivity index (χ3n) is 3.57. The van der Waals surface area contributed by atoms with Gasteiger partial charge in [0.25, 0.3) is 0 Å². The number of hydrogen-bond acceptors (Lipinski definition) is 5. The fourth-order valence-electron chi connectivity index (χ4n) is 2.38. The number of anilines is 4. The molecule has 2 aromatic carbocycles. The topological polar surface area (TPSA) is 59.1 Å². The van der Waals surface area contributed by atoms with E-state index in [2.05, 4.69) is 55.6 Å². The molecule has 6 heteroatoms. The minimum atomic E-state index is 0.527. The Morgan fingerprint density at radius 3 is 2.56 bits per heavy atom. The Bertz CT molecular complexity index is 898. The highest BCUT2D eigenvalue weighted by molar-refractivity contribution is 9.10. The van der Waals surface area contributed by atoms with Crippen LogP contribution >= 0.6 is 15.9 Å². The van der Waals surface area contributed by atoms with Crippen LogP contribution in [0.4, 0.5) is 23.1 Å². The molecular weight excluding hydrogens is 380 g/mol. The highest BCUT2D eigenvalue weighted by atomic mass is 79.9. The number of halogens is 1. The number of ether oxygens (including phenoxy) is 1. The molecule has 5 nitrogen and oxygen atoms in total. The second kappa shape index (κ2) is 7.53. The highest BCUT2D eigenvalue weighted by Gasteiger charge is 2.06. The zero-order chi connectivity index (χ0) is 17.8. The summed E-state index contributed by atoms with van der Waals surface area (Å²) in [5.41, 5.74) is 3.88. The van der Waals surface area contributed by atoms with Crippen LogP contribution < -0.4 is 15.4 Å². The first-order chi connectivity index (χ1) is 12.0. The zero-order valence-corrected chi connectivity index (χ0v) is 15.9. The van der Waals surface area contributed by atoms with Crippen molar-refractivity contribution in [1.82, 2.24) is 9.97 Å². The molecule has 0 unspecified atom stereocenters. The van der Waals surface area contributed by atoms with Gasteiger partial charge in [-0.25, -0.2) is 4.98 Å². The number of benzene rings is 2. The molecule has 0 atom stereocenters. The Morgan fingerprint density at radius 2 is 1.80 bits per heavy atom. The van der Waals surface area contributed by atoms with Crippen LogP contribution in [-0.4, -0.2) is 17.1 Å². The van der Waals surface area contributed by atoms with Gasteiger partial charge in [0, 0.05) is 28.0 Å². The summed E-state index contributed by atoms with van der Waals surface area (Å²) in [7, 11) is 1.64. The molecular formula is C19H19BrN4O. The van der Waals surface area contributed by atoms with Crippen molar-refractivity contribution in [3.63, 3.8) is 0 Å². The van der Waals surface area contributed by atoms with E-state index in [-0.39, 0.29) is 0 Å². The molecule has 128 valence electrons. The normalized spacial score (nSPS) is 10.4. The number of nitrogens with zero attached hydrogens (tertiary/aromatic N) is 2. The lowest BCUT2D eigenvalue weighted by Crippen LogP contribution is -2.02. The van der Waals surface area contributed by atoms with Crippen molar-refractivity contribution in [2.24, 2.45) is 0 Å². The number of aryl methyl sites for hydroxylation is 2. The summed E-state index contributed by atoms with van der Waals surface area (Å²) < 4.78 is 6.24. The number of rotatable bonds is 5. The number of nitrogens with one attached hydrogen (secondary N) is 2. The lowest BCUT2D eigenvalue weighted by molar-refractivity contribution is 0.415. The van der Waals surface area contributed by atoms with Gasteiger partial charge < -0.3 is 15.4 Å². The largest absolute Gasteiger partial charge is 0.497 e. The maximum Gasteiger partial charge on any atom is 0.229 e. The monoisotopic (exact) mass is 398 g/mol. The van der Waals surface area contributed by atoms with E-state index in [0.717, 1.165) is 33.1 Å². The Labute approximate surface area is 155 Å². The lowest BCUT2D eigenvalue weighted by atomic mass is 10.2. The summed E-state index contributed by atoms with van der Waals surface area (Å²) in [5, 5.41) is 6.54. The Morgan fingerprint density at radius 1 is 0.960 bits per heavy atom. The molecule has 3 rings (SSSR count). The summed E-state index contributed by atoms with van der Waals surface area (Å²) in [6.07, 6.45) is 0. The van der Waals surface area contributed by atoms with Crippen molar-refractivity contribution in [3.05, 3.63) is 64.3 Å². The third-order valence-corrected chi connectivity index (χ3v) is 4.22. The summed E-state index contributed by atoms with van der Waals surface area (Å²) in [5.74, 6) is 2.03. The molecule has 0 saturated carbocycles. The summed E-state index contributed by atoms with van der Waals surface area (Å²) in [6.45, 7) is 3.99. The third kappa shape index (κ3) is 4.48. The minimum Gasteiger partial charge on any atom is -0.497 e. The van der Waals surface area contributed by atoms with Crippen LogP contribution in [0, 0.1) is 13.8 Å². The Kier molecular flexibility index (Phi) is 5.19. The van der Waals surface area contributed by atoms with Crippen molar-refractivity contribution in [3.8, 4) is 5.75 Å². The van der Waals surface area contributed by atoms with Gasteiger partial charge in [0.1, 0.15) is 11.6 Å². The van der Waals surface area contributed by atoms with E-state index in [4.69, 9.17) is 4.74 Å². The van der Waals surface area contributed by atoms with Crippen LogP contribution in [0.25, 0.3) is 0 Å². The molecule has 3 aromatic rings. The second-order valence-electron chi connectivity index (χ2n) is 5.68. The van der Waals surface area contributed by atoms with Crippen molar-refractivity contribution in [2.45, 2.75) is 13.8 Å². The van der Waals surface area contributed by atoms with Gasteiger partial charge in [0.15, 0.2) is 0 Å². The molecule has 0 aliphatic carbocycles. The summed E-state index contributed by atoms with van der Waals surface area (Å²) in [6, 6.07) is 15.7. The van der Waals surface area contributed by atoms with Gasteiger partial charge in [0.05, 0.1) is 12.8 Å². The van der Waals surface area contributed by atoms with Gasteiger partial charge in [-0.15, -0.1) is 0 Å². The SMILES string of the molecule is COc1cccc(Nc2nc(C)cc(Nc3ccc(C)cc3Br)n2)c1. The first-order valence-corrected chi connectivity index (χ1v) is 8.63. The van der Waals surface area contributed by atoms with Crippen LogP contribution in [0.3, 0.4) is 0 Å². The van der Waals surface area contributed by atoms with Gasteiger partial charge in [-0.1, -0.05) is 12.1 Å². The quantitative estimate of drug-likeness (QED) is 0.606. The first kappa shape index (κ1) is 17.2. The van der Waals surface area contributed by atoms with Crippen LogP contribution in [-0.2, 0) is 0 Å². The van der Waals surface area contributed by atoms with Crippen LogP contribution in [0.5, 0.6) is 5.75 Å². The fraction of sp³-hybridized carbons (Fsp3) is 0.158. The molecule has 1 heterocycles. The standard InChI is InChI=1S/C19H19BrN4O/c1-12-7-8-17(16(20)9-12)23-18-10-13(2)21-19(24-18)22-14-5-4-6-15(11-14)25-3/h4-11H,1-3H3,(H2,21,22,23,24). The molecule has 0 radical (unpaired) electrons. The van der Waals surface area contributed by atoms with E-state index < -0.39 is 0 Å². The van der Waals surface area contributed by atoms with E-state index >= 15 is 0 Å². The molecule has 0 aliphatic heterocycles. The Balaban J connectivity index is 1.84. The van der Waals surface area contributed by atoms with Crippen LogP contribution in [0.15, 0.2) is 53.0 Å². The van der Waals surface area contributed by atoms with Crippen molar-refractivity contribution in [1.29, 1.82) is 0 Å². The predicted molar refractivity (Wildman–Crippen MR) is 105 cm³/mol. The lowest BCUT2D eigenvalue weighted by Gasteiger charge is -2.12. The summed E-state index contributed by atoms with van der Waals surface area (Å²) in [4.78, 5) is 9.00. The average Bonchev–Trinajstić information content (AvgIpc) is 2.57. The van der Waals surface area contributed by atoms with E-state index in [0.29, 0.717) is 5.95 Å².